The number of nitrogens with one attached hydrogen (secondary N) is 1. The second-order valence-corrected chi connectivity index (χ2v) is 11.9. The number of carbonyl (C=O) groups excluding carboxylic acids is 2. The third kappa shape index (κ3) is 7.90. The number of thioether (sulfide) groups is 1. The molecular formula is C32H31F3N6O3S. The first-order valence-corrected chi connectivity index (χ1v) is 15.2. The molecule has 1 saturated heterocycles. The van der Waals surface area contributed by atoms with Crippen molar-refractivity contribution < 1.29 is 27.5 Å². The van der Waals surface area contributed by atoms with E-state index >= 15 is 0 Å². The number of anilines is 2. The van der Waals surface area contributed by atoms with Crippen molar-refractivity contribution >= 4 is 40.2 Å². The van der Waals surface area contributed by atoms with Gasteiger partial charge in [0.1, 0.15) is 12.1 Å². The third-order valence-corrected chi connectivity index (χ3v) is 8.03. The number of amidine groups is 1. The molecule has 0 bridgehead atoms. The molecule has 13 heteroatoms. The Morgan fingerprint density at radius 2 is 1.78 bits per heavy atom. The fraction of sp³-hybridized carbons (Fsp3) is 0.281. The van der Waals surface area contributed by atoms with Crippen LogP contribution in [-0.4, -0.2) is 44.0 Å². The van der Waals surface area contributed by atoms with E-state index in [0.29, 0.717) is 28.8 Å². The Bertz CT molecular complexity index is 1720. The lowest BCUT2D eigenvalue weighted by atomic mass is 9.97. The van der Waals surface area contributed by atoms with Crippen LogP contribution in [0.4, 0.5) is 29.3 Å². The molecule has 1 N–H and O–H groups in total. The maximum Gasteiger partial charge on any atom is 0.573 e. The van der Waals surface area contributed by atoms with Crippen LogP contribution >= 0.6 is 11.8 Å². The largest absolute Gasteiger partial charge is 0.573 e. The van der Waals surface area contributed by atoms with Gasteiger partial charge >= 0.3 is 12.4 Å². The van der Waals surface area contributed by atoms with E-state index in [1.165, 1.54) is 51.9 Å². The number of urea groups is 1. The van der Waals surface area contributed by atoms with Gasteiger partial charge in [0.2, 0.25) is 5.91 Å². The minimum Gasteiger partial charge on any atom is -0.406 e. The number of aryl methyl sites for hydroxylation is 1. The summed E-state index contributed by atoms with van der Waals surface area (Å²) in [7, 11) is 0. The zero-order chi connectivity index (χ0) is 32.3. The Kier molecular flexibility index (Phi) is 9.28. The first kappa shape index (κ1) is 31.8. The molecule has 3 aromatic carbocycles. The molecule has 1 aliphatic heterocycles. The van der Waals surface area contributed by atoms with Gasteiger partial charge in [-0.1, -0.05) is 56.8 Å². The van der Waals surface area contributed by atoms with Gasteiger partial charge in [0.05, 0.1) is 17.1 Å². The lowest BCUT2D eigenvalue weighted by Gasteiger charge is -2.22. The molecule has 0 radical (unpaired) electrons. The average Bonchev–Trinajstić information content (AvgIpc) is 3.58. The minimum absolute atomic E-state index is 0.0346. The normalized spacial score (nSPS) is 15.2. The van der Waals surface area contributed by atoms with Gasteiger partial charge < -0.3 is 10.1 Å². The fourth-order valence-electron chi connectivity index (χ4n) is 4.86. The average molecular weight is 637 g/mol. The molecular weight excluding hydrogens is 605 g/mol. The van der Waals surface area contributed by atoms with E-state index in [4.69, 9.17) is 0 Å². The van der Waals surface area contributed by atoms with Crippen molar-refractivity contribution in [2.24, 2.45) is 4.99 Å². The Morgan fingerprint density at radius 1 is 1.07 bits per heavy atom. The number of aromatic nitrogens is 3. The van der Waals surface area contributed by atoms with Crippen LogP contribution < -0.4 is 15.0 Å². The lowest BCUT2D eigenvalue weighted by molar-refractivity contribution is -0.274. The number of halogens is 3. The molecule has 1 atom stereocenters. The minimum atomic E-state index is -4.76. The summed E-state index contributed by atoms with van der Waals surface area (Å²) in [5, 5.41) is 7.57. The Labute approximate surface area is 262 Å². The summed E-state index contributed by atoms with van der Waals surface area (Å²) in [6, 6.07) is 18.1. The summed E-state index contributed by atoms with van der Waals surface area (Å²) in [4.78, 5) is 35.8. The molecule has 234 valence electrons. The van der Waals surface area contributed by atoms with E-state index in [-0.39, 0.29) is 29.2 Å². The molecule has 45 heavy (non-hydrogen) atoms. The number of hydrogen-bond acceptors (Lipinski definition) is 6. The van der Waals surface area contributed by atoms with Crippen LogP contribution in [-0.2, 0) is 11.2 Å². The summed E-state index contributed by atoms with van der Waals surface area (Å²) in [5.41, 5.74) is 4.85. The summed E-state index contributed by atoms with van der Waals surface area (Å²) in [6.45, 7) is 8.09. The highest BCUT2D eigenvalue weighted by Crippen LogP contribution is 2.34. The van der Waals surface area contributed by atoms with E-state index in [1.807, 2.05) is 44.2 Å². The van der Waals surface area contributed by atoms with Gasteiger partial charge in [-0.2, -0.15) is 10.1 Å². The monoisotopic (exact) mass is 636 g/mol. The van der Waals surface area contributed by atoms with Crippen LogP contribution in [0.2, 0.25) is 0 Å². The second-order valence-electron chi connectivity index (χ2n) is 10.9. The van der Waals surface area contributed by atoms with Gasteiger partial charge in [-0.25, -0.2) is 14.5 Å². The third-order valence-electron chi connectivity index (χ3n) is 7.11. The van der Waals surface area contributed by atoms with Crippen molar-refractivity contribution in [3.63, 3.8) is 0 Å². The highest BCUT2D eigenvalue weighted by Gasteiger charge is 2.33. The molecule has 0 saturated carbocycles. The summed E-state index contributed by atoms with van der Waals surface area (Å²) < 4.78 is 42.6. The van der Waals surface area contributed by atoms with Crippen molar-refractivity contribution in [1.29, 1.82) is 0 Å². The molecule has 1 unspecified atom stereocenters. The van der Waals surface area contributed by atoms with Crippen molar-refractivity contribution in [3.8, 4) is 11.4 Å². The standard InChI is InChI=1S/C32H31F3N6O3S/c1-19(2)26-14-5-20(3)15-27(26)41-29(42)17-45-31(41)38-30(43)37-23-8-6-22(7-9-23)21(4)16-28-36-18-40(39-28)24-10-12-25(13-11-24)44-32(33,34)35/h5-15,18-19,21H,16-17H2,1-4H3,(H,37,43)/b38-31-. The predicted molar refractivity (Wildman–Crippen MR) is 168 cm³/mol. The van der Waals surface area contributed by atoms with Gasteiger partial charge in [0.15, 0.2) is 11.0 Å². The van der Waals surface area contributed by atoms with Gasteiger partial charge in [0, 0.05) is 12.1 Å². The number of benzene rings is 3. The molecule has 1 aromatic heterocycles. The molecule has 1 aliphatic rings. The van der Waals surface area contributed by atoms with Crippen molar-refractivity contribution in [2.45, 2.75) is 52.3 Å². The smallest absolute Gasteiger partial charge is 0.406 e. The van der Waals surface area contributed by atoms with Gasteiger partial charge in [0.25, 0.3) is 0 Å². The van der Waals surface area contributed by atoms with E-state index in [1.54, 1.807) is 12.1 Å². The highest BCUT2D eigenvalue weighted by molar-refractivity contribution is 8.15. The number of rotatable bonds is 8. The van der Waals surface area contributed by atoms with Crippen LogP contribution in [0.5, 0.6) is 5.75 Å². The van der Waals surface area contributed by atoms with Gasteiger partial charge in [-0.05, 0) is 77.9 Å². The number of carbonyl (C=O) groups is 2. The molecule has 3 amide bonds. The summed E-state index contributed by atoms with van der Waals surface area (Å²) >= 11 is 1.23. The first-order valence-electron chi connectivity index (χ1n) is 14.2. The molecule has 1 fully saturated rings. The van der Waals surface area contributed by atoms with Gasteiger partial charge in [-0.3, -0.25) is 9.69 Å². The molecule has 9 nitrogen and oxygen atoms in total. The van der Waals surface area contributed by atoms with Crippen molar-refractivity contribution in [2.75, 3.05) is 16.0 Å². The second kappa shape index (κ2) is 13.1. The fourth-order valence-corrected chi connectivity index (χ4v) is 5.72. The Balaban J connectivity index is 1.21. The van der Waals surface area contributed by atoms with Crippen LogP contribution in [0.1, 0.15) is 55.1 Å². The zero-order valence-electron chi connectivity index (χ0n) is 25.0. The number of ether oxygens (including phenoxy) is 1. The van der Waals surface area contributed by atoms with Crippen molar-refractivity contribution in [1.82, 2.24) is 14.8 Å². The van der Waals surface area contributed by atoms with E-state index in [9.17, 15) is 22.8 Å². The first-order chi connectivity index (χ1) is 21.4. The molecule has 4 aromatic rings. The number of alkyl halides is 3. The zero-order valence-corrected chi connectivity index (χ0v) is 25.8. The number of hydrogen-bond donors (Lipinski definition) is 1. The predicted octanol–water partition coefficient (Wildman–Crippen LogP) is 7.61. The molecule has 0 aliphatic carbocycles. The van der Waals surface area contributed by atoms with E-state index < -0.39 is 12.4 Å². The van der Waals surface area contributed by atoms with Crippen molar-refractivity contribution in [3.05, 3.63) is 95.6 Å². The van der Waals surface area contributed by atoms with Gasteiger partial charge in [-0.15, -0.1) is 13.2 Å². The molecule has 5 rings (SSSR count). The van der Waals surface area contributed by atoms with E-state index in [2.05, 4.69) is 39.0 Å². The SMILES string of the molecule is Cc1ccc(C(C)C)c(N2C(=O)CS/C2=N\C(=O)Nc2ccc(C(C)Cc3ncn(-c4ccc(OC(F)(F)F)cc4)n3)cc2)c1. The summed E-state index contributed by atoms with van der Waals surface area (Å²) in [6.07, 6.45) is -2.74. The van der Waals surface area contributed by atoms with Crippen LogP contribution in [0, 0.1) is 6.92 Å². The maximum absolute atomic E-state index is 12.9. The summed E-state index contributed by atoms with van der Waals surface area (Å²) in [5.74, 6) is 0.556. The van der Waals surface area contributed by atoms with E-state index in [0.717, 1.165) is 22.4 Å². The Morgan fingerprint density at radius 3 is 2.44 bits per heavy atom. The maximum atomic E-state index is 12.9. The number of nitrogens with zero attached hydrogens (tertiary/aromatic N) is 5. The highest BCUT2D eigenvalue weighted by atomic mass is 32.2. The van der Waals surface area contributed by atoms with Crippen LogP contribution in [0.15, 0.2) is 78.0 Å². The lowest BCUT2D eigenvalue weighted by Crippen LogP contribution is -2.31. The Hall–Kier alpha value is -4.65. The number of aliphatic imine (C=N–C) groups is 1. The van der Waals surface area contributed by atoms with Crippen LogP contribution in [0.25, 0.3) is 5.69 Å². The topological polar surface area (TPSA) is 102 Å². The number of amides is 3. The molecule has 2 heterocycles. The molecule has 0 spiro atoms. The quantitative estimate of drug-likeness (QED) is 0.214. The van der Waals surface area contributed by atoms with Crippen LogP contribution in [0.3, 0.4) is 0 Å².